The van der Waals surface area contributed by atoms with Gasteiger partial charge in [0, 0.05) is 34.2 Å². The van der Waals surface area contributed by atoms with Crippen molar-refractivity contribution in [3.63, 3.8) is 0 Å². The number of aromatic nitrogens is 3. The summed E-state index contributed by atoms with van der Waals surface area (Å²) < 4.78 is 2.35. The minimum Gasteiger partial charge on any atom is -0.350 e. The molecule has 0 amide bonds. The number of carbonyl (C=O) groups excluding carboxylic acids is 1. The number of fused-ring (bicyclic) bond motifs is 2. The average Bonchev–Trinajstić information content (AvgIpc) is 3.36. The molecular weight excluding hydrogens is 414 g/mol. The van der Waals surface area contributed by atoms with E-state index in [-0.39, 0.29) is 5.91 Å². The maximum atomic E-state index is 13.0. The number of nitrogens with one attached hydrogen (secondary N) is 1. The van der Waals surface area contributed by atoms with E-state index in [2.05, 4.69) is 62.4 Å². The highest BCUT2D eigenvalue weighted by atomic mass is 79.9. The van der Waals surface area contributed by atoms with E-state index in [9.17, 15) is 4.79 Å². The smallest absolute Gasteiger partial charge is 0.294 e. The van der Waals surface area contributed by atoms with E-state index in [1.54, 1.807) is 18.5 Å². The highest BCUT2D eigenvalue weighted by molar-refractivity contribution is 9.10. The van der Waals surface area contributed by atoms with E-state index in [1.165, 1.54) is 15.5 Å². The van der Waals surface area contributed by atoms with Crippen molar-refractivity contribution in [2.24, 2.45) is 0 Å². The molecule has 5 aromatic rings. The van der Waals surface area contributed by atoms with Crippen LogP contribution < -0.4 is 0 Å². The predicted molar refractivity (Wildman–Crippen MR) is 115 cm³/mol. The zero-order valence-corrected chi connectivity index (χ0v) is 16.5. The van der Waals surface area contributed by atoms with Gasteiger partial charge < -0.3 is 4.98 Å². The van der Waals surface area contributed by atoms with Gasteiger partial charge in [-0.15, -0.1) is 0 Å². The van der Waals surface area contributed by atoms with Crippen LogP contribution in [0.15, 0.2) is 83.6 Å². The predicted octanol–water partition coefficient (Wildman–Crippen LogP) is 5.56. The van der Waals surface area contributed by atoms with Crippen LogP contribution in [0.5, 0.6) is 0 Å². The van der Waals surface area contributed by atoms with E-state index < -0.39 is 0 Å². The molecule has 0 fully saturated rings. The van der Waals surface area contributed by atoms with E-state index in [0.29, 0.717) is 12.1 Å². The average molecular weight is 430 g/mol. The van der Waals surface area contributed by atoms with Crippen LogP contribution in [-0.2, 0) is 6.42 Å². The van der Waals surface area contributed by atoms with E-state index in [1.807, 2.05) is 24.3 Å². The van der Waals surface area contributed by atoms with Crippen molar-refractivity contribution in [2.45, 2.75) is 6.42 Å². The van der Waals surface area contributed by atoms with Gasteiger partial charge in [0.2, 0.25) is 0 Å². The molecule has 0 atom stereocenters. The third-order valence-electron chi connectivity index (χ3n) is 4.99. The van der Waals surface area contributed by atoms with Crippen molar-refractivity contribution >= 4 is 43.5 Å². The zero-order valence-electron chi connectivity index (χ0n) is 14.9. The minimum atomic E-state index is -0.159. The van der Waals surface area contributed by atoms with E-state index in [0.717, 1.165) is 26.5 Å². The van der Waals surface area contributed by atoms with Gasteiger partial charge in [-0.3, -0.25) is 4.79 Å². The standard InChI is InChI=1S/C23H16BrN3O/c24-18-8-9-21-19(14-18)20(22(26-21)23(28)27-11-3-10-25-27)13-15-6-7-16-4-1-2-5-17(16)12-15/h1-12,14,26H,13H2. The number of aromatic amines is 1. The number of benzene rings is 3. The van der Waals surface area contributed by atoms with Gasteiger partial charge in [0.15, 0.2) is 0 Å². The van der Waals surface area contributed by atoms with Crippen molar-refractivity contribution in [1.82, 2.24) is 14.8 Å². The second kappa shape index (κ2) is 6.77. The molecule has 0 radical (unpaired) electrons. The quantitative estimate of drug-likeness (QED) is 0.408. The van der Waals surface area contributed by atoms with Crippen molar-refractivity contribution in [3.8, 4) is 0 Å². The van der Waals surface area contributed by atoms with Crippen LogP contribution in [0, 0.1) is 0 Å². The van der Waals surface area contributed by atoms with E-state index >= 15 is 0 Å². The van der Waals surface area contributed by atoms with Gasteiger partial charge in [-0.2, -0.15) is 5.10 Å². The molecule has 5 rings (SSSR count). The number of hydrogen-bond donors (Lipinski definition) is 1. The summed E-state index contributed by atoms with van der Waals surface area (Å²) in [5.41, 5.74) is 3.65. The molecule has 3 aromatic carbocycles. The molecule has 0 aliphatic rings. The fourth-order valence-corrected chi connectivity index (χ4v) is 4.00. The number of carbonyl (C=O) groups is 1. The summed E-state index contributed by atoms with van der Waals surface area (Å²) in [6, 6.07) is 22.5. The fourth-order valence-electron chi connectivity index (χ4n) is 3.64. The molecule has 0 aliphatic carbocycles. The lowest BCUT2D eigenvalue weighted by Crippen LogP contribution is -2.14. The Morgan fingerprint density at radius 3 is 2.68 bits per heavy atom. The molecule has 136 valence electrons. The molecule has 0 unspecified atom stereocenters. The third-order valence-corrected chi connectivity index (χ3v) is 5.48. The van der Waals surface area contributed by atoms with Crippen LogP contribution in [0.1, 0.15) is 21.6 Å². The lowest BCUT2D eigenvalue weighted by atomic mass is 9.99. The largest absolute Gasteiger partial charge is 0.350 e. The Kier molecular flexibility index (Phi) is 4.10. The van der Waals surface area contributed by atoms with Crippen LogP contribution in [0.3, 0.4) is 0 Å². The highest BCUT2D eigenvalue weighted by Gasteiger charge is 2.20. The number of hydrogen-bond acceptors (Lipinski definition) is 2. The Labute approximate surface area is 169 Å². The molecule has 0 saturated carbocycles. The Balaban J connectivity index is 1.66. The minimum absolute atomic E-state index is 0.159. The molecule has 0 aliphatic heterocycles. The summed E-state index contributed by atoms with van der Waals surface area (Å²) in [7, 11) is 0. The Hall–Kier alpha value is -3.18. The molecule has 0 spiro atoms. The van der Waals surface area contributed by atoms with Crippen molar-refractivity contribution in [3.05, 3.63) is 100 Å². The van der Waals surface area contributed by atoms with Crippen LogP contribution >= 0.6 is 15.9 Å². The maximum absolute atomic E-state index is 13.0. The summed E-state index contributed by atoms with van der Waals surface area (Å²) in [5.74, 6) is -0.159. The molecule has 5 heteroatoms. The first-order valence-corrected chi connectivity index (χ1v) is 9.80. The molecule has 1 N–H and O–H groups in total. The Morgan fingerprint density at radius 1 is 1.00 bits per heavy atom. The van der Waals surface area contributed by atoms with Gasteiger partial charge in [0.25, 0.3) is 5.91 Å². The van der Waals surface area contributed by atoms with Crippen molar-refractivity contribution in [1.29, 1.82) is 0 Å². The van der Waals surface area contributed by atoms with Gasteiger partial charge in [-0.1, -0.05) is 58.4 Å². The molecule has 28 heavy (non-hydrogen) atoms. The fraction of sp³-hybridized carbons (Fsp3) is 0.0435. The van der Waals surface area contributed by atoms with Gasteiger partial charge >= 0.3 is 0 Å². The van der Waals surface area contributed by atoms with Crippen LogP contribution in [0.2, 0.25) is 0 Å². The topological polar surface area (TPSA) is 50.7 Å². The second-order valence-electron chi connectivity index (χ2n) is 6.78. The number of halogens is 1. The molecular formula is C23H16BrN3O. The summed E-state index contributed by atoms with van der Waals surface area (Å²) in [6.45, 7) is 0. The number of nitrogens with zero attached hydrogens (tertiary/aromatic N) is 2. The first-order valence-electron chi connectivity index (χ1n) is 9.01. The van der Waals surface area contributed by atoms with Crippen LogP contribution in [0.25, 0.3) is 21.7 Å². The maximum Gasteiger partial charge on any atom is 0.294 e. The highest BCUT2D eigenvalue weighted by Crippen LogP contribution is 2.29. The molecule has 2 aromatic heterocycles. The Bertz CT molecular complexity index is 1320. The van der Waals surface area contributed by atoms with Crippen LogP contribution in [0.4, 0.5) is 0 Å². The summed E-state index contributed by atoms with van der Waals surface area (Å²) in [6.07, 6.45) is 3.94. The summed E-state index contributed by atoms with van der Waals surface area (Å²) >= 11 is 3.55. The molecule has 0 saturated heterocycles. The van der Waals surface area contributed by atoms with Crippen molar-refractivity contribution < 1.29 is 4.79 Å². The summed E-state index contributed by atoms with van der Waals surface area (Å²) in [4.78, 5) is 16.3. The first kappa shape index (κ1) is 17.0. The van der Waals surface area contributed by atoms with Gasteiger partial charge in [0.05, 0.1) is 0 Å². The van der Waals surface area contributed by atoms with Gasteiger partial charge in [-0.25, -0.2) is 4.68 Å². The lowest BCUT2D eigenvalue weighted by Gasteiger charge is -2.07. The molecule has 2 heterocycles. The normalized spacial score (nSPS) is 11.3. The van der Waals surface area contributed by atoms with Gasteiger partial charge in [-0.05, 0) is 46.2 Å². The monoisotopic (exact) mass is 429 g/mol. The first-order chi connectivity index (χ1) is 13.7. The number of rotatable bonds is 3. The third kappa shape index (κ3) is 2.94. The van der Waals surface area contributed by atoms with Crippen LogP contribution in [-0.4, -0.2) is 20.7 Å². The Morgan fingerprint density at radius 2 is 1.86 bits per heavy atom. The zero-order chi connectivity index (χ0) is 19.1. The number of H-pyrrole nitrogens is 1. The van der Waals surface area contributed by atoms with Gasteiger partial charge in [0.1, 0.15) is 5.69 Å². The summed E-state index contributed by atoms with van der Waals surface area (Å²) in [5, 5.41) is 7.55. The molecule has 0 bridgehead atoms. The van der Waals surface area contributed by atoms with E-state index in [4.69, 9.17) is 0 Å². The SMILES string of the molecule is O=C(c1[nH]c2ccc(Br)cc2c1Cc1ccc2ccccc2c1)n1cccn1. The lowest BCUT2D eigenvalue weighted by molar-refractivity contribution is 0.0940. The molecule has 4 nitrogen and oxygen atoms in total. The second-order valence-corrected chi connectivity index (χ2v) is 7.70. The van der Waals surface area contributed by atoms with Crippen molar-refractivity contribution in [2.75, 3.05) is 0 Å².